The third-order valence-electron chi connectivity index (χ3n) is 4.45. The molecule has 0 spiro atoms. The number of nitrogens with zero attached hydrogens (tertiary/aromatic N) is 2. The number of esters is 1. The van der Waals surface area contributed by atoms with Gasteiger partial charge in [0, 0.05) is 19.2 Å². The maximum atomic E-state index is 12.4. The Kier molecular flexibility index (Phi) is 6.79. The molecule has 8 heteroatoms. The Bertz CT molecular complexity index is 1050. The highest BCUT2D eigenvalue weighted by Crippen LogP contribution is 2.29. The molecule has 2 amide bonds. The lowest BCUT2D eigenvalue weighted by Gasteiger charge is -2.16. The minimum atomic E-state index is -0.644. The van der Waals surface area contributed by atoms with E-state index in [0.717, 1.165) is 12.0 Å². The fraction of sp³-hybridized carbons (Fsp3) is 0.273. The molecule has 156 valence electrons. The van der Waals surface area contributed by atoms with Gasteiger partial charge in [-0.05, 0) is 24.6 Å². The smallest absolute Gasteiger partial charge is 0.338 e. The van der Waals surface area contributed by atoms with Crippen molar-refractivity contribution in [1.29, 1.82) is 0 Å². The molecule has 0 bridgehead atoms. The van der Waals surface area contributed by atoms with Crippen LogP contribution in [0.25, 0.3) is 22.2 Å². The summed E-state index contributed by atoms with van der Waals surface area (Å²) in [6.45, 7) is 1.94. The Morgan fingerprint density at radius 2 is 1.90 bits per heavy atom. The second kappa shape index (κ2) is 9.69. The van der Waals surface area contributed by atoms with Crippen LogP contribution in [0.15, 0.2) is 53.1 Å². The summed E-state index contributed by atoms with van der Waals surface area (Å²) < 4.78 is 10.6. The van der Waals surface area contributed by atoms with Crippen molar-refractivity contribution in [3.05, 3.63) is 54.1 Å². The van der Waals surface area contributed by atoms with Gasteiger partial charge >= 0.3 is 5.97 Å². The predicted molar refractivity (Wildman–Crippen MR) is 111 cm³/mol. The van der Waals surface area contributed by atoms with Gasteiger partial charge in [0.1, 0.15) is 5.52 Å². The summed E-state index contributed by atoms with van der Waals surface area (Å²) in [5, 5.41) is 7.38. The lowest BCUT2D eigenvalue weighted by Crippen LogP contribution is -2.40. The first-order valence-electron chi connectivity index (χ1n) is 9.62. The molecule has 0 saturated carbocycles. The number of aromatic nitrogens is 1. The molecule has 8 nitrogen and oxygen atoms in total. The van der Waals surface area contributed by atoms with Crippen LogP contribution in [0.5, 0.6) is 0 Å². The minimum absolute atomic E-state index is 0.0938. The van der Waals surface area contributed by atoms with E-state index in [1.54, 1.807) is 18.2 Å². The van der Waals surface area contributed by atoms with Crippen LogP contribution in [-0.4, -0.2) is 54.6 Å². The molecular weight excluding hydrogens is 386 g/mol. The van der Waals surface area contributed by atoms with Crippen LogP contribution in [-0.2, 0) is 14.3 Å². The lowest BCUT2D eigenvalue weighted by atomic mass is 10.1. The average molecular weight is 409 g/mol. The summed E-state index contributed by atoms with van der Waals surface area (Å²) in [5.41, 5.74) is 1.72. The molecule has 0 saturated heterocycles. The third-order valence-corrected chi connectivity index (χ3v) is 4.45. The number of hydrogen-bond acceptors (Lipinski definition) is 6. The van der Waals surface area contributed by atoms with E-state index >= 15 is 0 Å². The Hall–Kier alpha value is -3.68. The molecule has 0 unspecified atom stereocenters. The first-order chi connectivity index (χ1) is 14.5. The molecule has 0 aliphatic heterocycles. The first-order valence-corrected chi connectivity index (χ1v) is 9.62. The number of carbonyl (C=O) groups excluding carboxylic acids is 3. The van der Waals surface area contributed by atoms with E-state index in [9.17, 15) is 14.4 Å². The van der Waals surface area contributed by atoms with Crippen molar-refractivity contribution in [2.45, 2.75) is 13.3 Å². The van der Waals surface area contributed by atoms with E-state index in [2.05, 4.69) is 10.5 Å². The van der Waals surface area contributed by atoms with Gasteiger partial charge in [-0.15, -0.1) is 0 Å². The Morgan fingerprint density at radius 3 is 2.63 bits per heavy atom. The average Bonchev–Trinajstić information content (AvgIpc) is 3.19. The Labute approximate surface area is 173 Å². The zero-order valence-corrected chi connectivity index (χ0v) is 16.9. The number of nitrogens with one attached hydrogen (secondary N) is 1. The molecule has 30 heavy (non-hydrogen) atoms. The zero-order valence-electron chi connectivity index (χ0n) is 16.9. The summed E-state index contributed by atoms with van der Waals surface area (Å²) in [7, 11) is 1.48. The van der Waals surface area contributed by atoms with Gasteiger partial charge < -0.3 is 19.5 Å². The van der Waals surface area contributed by atoms with Crippen LogP contribution < -0.4 is 5.32 Å². The van der Waals surface area contributed by atoms with Crippen LogP contribution in [0.4, 0.5) is 0 Å². The van der Waals surface area contributed by atoms with E-state index in [1.807, 2.05) is 37.3 Å². The van der Waals surface area contributed by atoms with Gasteiger partial charge in [0.2, 0.25) is 5.91 Å². The summed E-state index contributed by atoms with van der Waals surface area (Å²) in [5.74, 6) is -0.820. The van der Waals surface area contributed by atoms with Crippen molar-refractivity contribution < 1.29 is 23.6 Å². The molecule has 1 aromatic heterocycles. The molecule has 3 rings (SSSR count). The number of amides is 2. The second-order valence-corrected chi connectivity index (χ2v) is 6.79. The van der Waals surface area contributed by atoms with Gasteiger partial charge in [0.05, 0.1) is 17.5 Å². The number of benzene rings is 2. The van der Waals surface area contributed by atoms with Gasteiger partial charge in [-0.2, -0.15) is 0 Å². The molecule has 0 atom stereocenters. The number of carbonyl (C=O) groups is 3. The molecule has 2 aromatic carbocycles. The van der Waals surface area contributed by atoms with Crippen LogP contribution in [0, 0.1) is 0 Å². The van der Waals surface area contributed by atoms with Crippen LogP contribution in [0.2, 0.25) is 0 Å². The maximum absolute atomic E-state index is 12.4. The molecule has 1 N–H and O–H groups in total. The molecule has 0 aliphatic carbocycles. The van der Waals surface area contributed by atoms with Crippen LogP contribution >= 0.6 is 0 Å². The van der Waals surface area contributed by atoms with Crippen molar-refractivity contribution in [1.82, 2.24) is 15.4 Å². The van der Waals surface area contributed by atoms with Gasteiger partial charge in [-0.25, -0.2) is 4.79 Å². The van der Waals surface area contributed by atoms with E-state index in [1.165, 1.54) is 11.9 Å². The van der Waals surface area contributed by atoms with Crippen molar-refractivity contribution in [3.8, 4) is 11.3 Å². The van der Waals surface area contributed by atoms with E-state index < -0.39 is 18.5 Å². The van der Waals surface area contributed by atoms with Gasteiger partial charge in [-0.1, -0.05) is 42.4 Å². The summed E-state index contributed by atoms with van der Waals surface area (Å²) in [6.07, 6.45) is 0.809. The molecule has 0 aliphatic rings. The van der Waals surface area contributed by atoms with Crippen molar-refractivity contribution in [2.75, 3.05) is 26.7 Å². The van der Waals surface area contributed by atoms with Crippen LogP contribution in [0.1, 0.15) is 23.7 Å². The molecular formula is C22H23N3O5. The maximum Gasteiger partial charge on any atom is 0.338 e. The zero-order chi connectivity index (χ0) is 21.5. The van der Waals surface area contributed by atoms with Gasteiger partial charge in [0.25, 0.3) is 5.91 Å². The van der Waals surface area contributed by atoms with Crippen molar-refractivity contribution in [2.24, 2.45) is 0 Å². The van der Waals surface area contributed by atoms with Gasteiger partial charge in [-0.3, -0.25) is 9.59 Å². The summed E-state index contributed by atoms with van der Waals surface area (Å²) in [6, 6.07) is 14.3. The normalized spacial score (nSPS) is 10.6. The molecule has 1 heterocycles. The minimum Gasteiger partial charge on any atom is -0.452 e. The van der Waals surface area contributed by atoms with Crippen molar-refractivity contribution >= 4 is 28.7 Å². The second-order valence-electron chi connectivity index (χ2n) is 6.79. The number of rotatable bonds is 8. The summed E-state index contributed by atoms with van der Waals surface area (Å²) in [4.78, 5) is 37.5. The van der Waals surface area contributed by atoms with Crippen LogP contribution in [0.3, 0.4) is 0 Å². The number of ether oxygens (including phenoxy) is 1. The summed E-state index contributed by atoms with van der Waals surface area (Å²) >= 11 is 0. The fourth-order valence-corrected chi connectivity index (χ4v) is 2.81. The highest BCUT2D eigenvalue weighted by atomic mass is 16.5. The van der Waals surface area contributed by atoms with E-state index in [4.69, 9.17) is 9.26 Å². The van der Waals surface area contributed by atoms with Gasteiger partial charge in [0.15, 0.2) is 12.4 Å². The number of hydrogen-bond donors (Lipinski definition) is 1. The number of fused-ring (bicyclic) bond motifs is 1. The Morgan fingerprint density at radius 1 is 1.13 bits per heavy atom. The predicted octanol–water partition coefficient (Wildman–Crippen LogP) is 2.64. The molecule has 0 fully saturated rings. The third kappa shape index (κ3) is 5.02. The number of likely N-dealkylation sites (N-methyl/N-ethyl adjacent to an activating group) is 1. The topological polar surface area (TPSA) is 102 Å². The first kappa shape index (κ1) is 21.0. The highest BCUT2D eigenvalue weighted by Gasteiger charge is 2.18. The standard InChI is InChI=1S/C22H23N3O5/c1-3-11-23-19(26)13-25(2)20(27)14-29-22(28)16-9-10-18-17(12-16)21(30-24-18)15-7-5-4-6-8-15/h4-10,12H,3,11,13-14H2,1-2H3,(H,23,26). The van der Waals surface area contributed by atoms with E-state index in [-0.39, 0.29) is 18.0 Å². The Balaban J connectivity index is 1.64. The van der Waals surface area contributed by atoms with E-state index in [0.29, 0.717) is 23.2 Å². The fourth-order valence-electron chi connectivity index (χ4n) is 2.81. The molecule has 0 radical (unpaired) electrons. The largest absolute Gasteiger partial charge is 0.452 e. The molecule has 3 aromatic rings. The monoisotopic (exact) mass is 409 g/mol. The SMILES string of the molecule is CCCNC(=O)CN(C)C(=O)COC(=O)c1ccc2noc(-c3ccccc3)c2c1. The quantitative estimate of drug-likeness (QED) is 0.574. The highest BCUT2D eigenvalue weighted by molar-refractivity contribution is 5.99. The lowest BCUT2D eigenvalue weighted by molar-refractivity contribution is -0.137. The van der Waals surface area contributed by atoms with Crippen molar-refractivity contribution in [3.63, 3.8) is 0 Å².